The van der Waals surface area contributed by atoms with Crippen LogP contribution in [0.25, 0.3) is 0 Å². The van der Waals surface area contributed by atoms with Gasteiger partial charge in [-0.2, -0.15) is 10.5 Å². The average molecular weight is 227 g/mol. The van der Waals surface area contributed by atoms with Crippen molar-refractivity contribution in [1.82, 2.24) is 4.98 Å². The van der Waals surface area contributed by atoms with Gasteiger partial charge in [-0.3, -0.25) is 4.98 Å². The first-order valence-corrected chi connectivity index (χ1v) is 6.03. The maximum Gasteiger partial charge on any atom is 0.101 e. The monoisotopic (exact) mass is 227 g/mol. The molecule has 1 aromatic heterocycles. The van der Waals surface area contributed by atoms with Crippen LogP contribution in [0.3, 0.4) is 0 Å². The fourth-order valence-electron chi connectivity index (χ4n) is 1.86. The lowest BCUT2D eigenvalue weighted by Crippen LogP contribution is -2.01. The summed E-state index contributed by atoms with van der Waals surface area (Å²) in [6.45, 7) is 4.26. The van der Waals surface area contributed by atoms with Gasteiger partial charge in [0.15, 0.2) is 0 Å². The molecule has 17 heavy (non-hydrogen) atoms. The lowest BCUT2D eigenvalue weighted by atomic mass is 9.96. The van der Waals surface area contributed by atoms with Gasteiger partial charge >= 0.3 is 0 Å². The molecule has 1 unspecified atom stereocenters. The smallest absolute Gasteiger partial charge is 0.101 e. The van der Waals surface area contributed by atoms with Crippen molar-refractivity contribution in [2.24, 2.45) is 0 Å². The highest BCUT2D eigenvalue weighted by Gasteiger charge is 2.12. The maximum absolute atomic E-state index is 9.06. The van der Waals surface area contributed by atoms with Gasteiger partial charge in [0, 0.05) is 6.20 Å². The van der Waals surface area contributed by atoms with Crippen molar-refractivity contribution in [3.63, 3.8) is 0 Å². The molecule has 88 valence electrons. The van der Waals surface area contributed by atoms with E-state index >= 15 is 0 Å². The standard InChI is InChI=1S/C14H17N3/c1-3-4-5-6-11(2)14-13(9-16)7-12(8-15)10-17-14/h7,10-11H,3-6H2,1-2H3. The van der Waals surface area contributed by atoms with Crippen LogP contribution in [-0.4, -0.2) is 4.98 Å². The minimum atomic E-state index is 0.281. The molecule has 0 N–H and O–H groups in total. The molecule has 0 saturated heterocycles. The zero-order chi connectivity index (χ0) is 12.7. The van der Waals surface area contributed by atoms with E-state index in [0.717, 1.165) is 18.5 Å². The highest BCUT2D eigenvalue weighted by atomic mass is 14.7. The maximum atomic E-state index is 9.06. The zero-order valence-electron chi connectivity index (χ0n) is 10.4. The number of rotatable bonds is 5. The topological polar surface area (TPSA) is 60.5 Å². The highest BCUT2D eigenvalue weighted by Crippen LogP contribution is 2.23. The summed E-state index contributed by atoms with van der Waals surface area (Å²) in [5, 5.41) is 17.8. The number of hydrogen-bond acceptors (Lipinski definition) is 3. The molecule has 1 atom stereocenters. The van der Waals surface area contributed by atoms with Crippen LogP contribution in [0.1, 0.15) is 62.3 Å². The summed E-state index contributed by atoms with van der Waals surface area (Å²) in [5.41, 5.74) is 1.81. The highest BCUT2D eigenvalue weighted by molar-refractivity contribution is 5.41. The van der Waals surface area contributed by atoms with Gasteiger partial charge in [-0.05, 0) is 18.4 Å². The van der Waals surface area contributed by atoms with Crippen LogP contribution in [0.2, 0.25) is 0 Å². The quantitative estimate of drug-likeness (QED) is 0.723. The van der Waals surface area contributed by atoms with E-state index in [1.165, 1.54) is 12.8 Å². The van der Waals surface area contributed by atoms with Gasteiger partial charge in [0.2, 0.25) is 0 Å². The Hall–Kier alpha value is -1.87. The van der Waals surface area contributed by atoms with Crippen LogP contribution < -0.4 is 0 Å². The van der Waals surface area contributed by atoms with Gasteiger partial charge in [-0.15, -0.1) is 0 Å². The molecule has 1 rings (SSSR count). The molecule has 1 heterocycles. The normalized spacial score (nSPS) is 11.5. The Balaban J connectivity index is 2.83. The summed E-state index contributed by atoms with van der Waals surface area (Å²) in [4.78, 5) is 4.25. The predicted molar refractivity (Wildman–Crippen MR) is 66.2 cm³/mol. The van der Waals surface area contributed by atoms with Gasteiger partial charge < -0.3 is 0 Å². The molecule has 0 aliphatic heterocycles. The Bertz CT molecular complexity index is 452. The van der Waals surface area contributed by atoms with Crippen molar-refractivity contribution in [2.45, 2.75) is 45.4 Å². The summed E-state index contributed by atoms with van der Waals surface area (Å²) >= 11 is 0. The molecule has 0 amide bonds. The molecular formula is C14H17N3. The molecule has 1 aromatic rings. The second kappa shape index (κ2) is 6.66. The van der Waals surface area contributed by atoms with Crippen molar-refractivity contribution in [3.8, 4) is 12.1 Å². The summed E-state index contributed by atoms with van der Waals surface area (Å²) in [5.74, 6) is 0.281. The van der Waals surface area contributed by atoms with Crippen LogP contribution in [-0.2, 0) is 0 Å². The van der Waals surface area contributed by atoms with Gasteiger partial charge in [-0.25, -0.2) is 0 Å². The predicted octanol–water partition coefficient (Wildman–Crippen LogP) is 3.51. The van der Waals surface area contributed by atoms with Crippen molar-refractivity contribution < 1.29 is 0 Å². The number of unbranched alkanes of at least 4 members (excludes halogenated alkanes) is 2. The van der Waals surface area contributed by atoms with Gasteiger partial charge in [0.1, 0.15) is 12.1 Å². The Morgan fingerprint density at radius 3 is 2.65 bits per heavy atom. The lowest BCUT2D eigenvalue weighted by Gasteiger charge is -2.11. The Labute approximate surface area is 103 Å². The molecule has 0 spiro atoms. The first kappa shape index (κ1) is 13.2. The summed E-state index contributed by atoms with van der Waals surface area (Å²) < 4.78 is 0. The zero-order valence-corrected chi connectivity index (χ0v) is 10.4. The molecular weight excluding hydrogens is 210 g/mol. The second-order valence-corrected chi connectivity index (χ2v) is 4.28. The molecule has 0 aliphatic carbocycles. The van der Waals surface area contributed by atoms with Crippen LogP contribution >= 0.6 is 0 Å². The van der Waals surface area contributed by atoms with E-state index in [-0.39, 0.29) is 5.92 Å². The van der Waals surface area contributed by atoms with Gasteiger partial charge in [-0.1, -0.05) is 33.1 Å². The third-order valence-corrected chi connectivity index (χ3v) is 2.88. The SMILES string of the molecule is CCCCCC(C)c1ncc(C#N)cc1C#N. The number of hydrogen-bond donors (Lipinski definition) is 0. The van der Waals surface area contributed by atoms with Crippen molar-refractivity contribution in [1.29, 1.82) is 10.5 Å². The molecule has 0 radical (unpaired) electrons. The van der Waals surface area contributed by atoms with E-state index in [2.05, 4.69) is 24.9 Å². The molecule has 3 heteroatoms. The van der Waals surface area contributed by atoms with Crippen LogP contribution in [0.4, 0.5) is 0 Å². The number of aromatic nitrogens is 1. The van der Waals surface area contributed by atoms with E-state index in [0.29, 0.717) is 11.1 Å². The molecule has 0 fully saturated rings. The van der Waals surface area contributed by atoms with Crippen LogP contribution in [0.15, 0.2) is 12.3 Å². The van der Waals surface area contributed by atoms with Crippen molar-refractivity contribution >= 4 is 0 Å². The minimum Gasteiger partial charge on any atom is -0.258 e. The molecule has 3 nitrogen and oxygen atoms in total. The number of pyridine rings is 1. The fraction of sp³-hybridized carbons (Fsp3) is 0.500. The largest absolute Gasteiger partial charge is 0.258 e. The van der Waals surface area contributed by atoms with Crippen molar-refractivity contribution in [3.05, 3.63) is 29.1 Å². The molecule has 0 bridgehead atoms. The third kappa shape index (κ3) is 3.57. The molecule has 0 saturated carbocycles. The lowest BCUT2D eigenvalue weighted by molar-refractivity contribution is 0.587. The van der Waals surface area contributed by atoms with E-state index in [1.54, 1.807) is 12.3 Å². The number of nitriles is 2. The Morgan fingerprint density at radius 1 is 1.29 bits per heavy atom. The average Bonchev–Trinajstić information content (AvgIpc) is 2.38. The molecule has 0 aromatic carbocycles. The third-order valence-electron chi connectivity index (χ3n) is 2.88. The molecule has 0 aliphatic rings. The minimum absolute atomic E-state index is 0.281. The van der Waals surface area contributed by atoms with Crippen LogP contribution in [0, 0.1) is 22.7 Å². The van der Waals surface area contributed by atoms with E-state index in [9.17, 15) is 0 Å². The van der Waals surface area contributed by atoms with E-state index in [1.807, 2.05) is 6.07 Å². The first-order valence-electron chi connectivity index (χ1n) is 6.03. The Morgan fingerprint density at radius 2 is 2.06 bits per heavy atom. The Kier molecular flexibility index (Phi) is 5.17. The fourth-order valence-corrected chi connectivity index (χ4v) is 1.86. The summed E-state index contributed by atoms with van der Waals surface area (Å²) in [7, 11) is 0. The van der Waals surface area contributed by atoms with Gasteiger partial charge in [0.05, 0.1) is 16.8 Å². The van der Waals surface area contributed by atoms with Crippen LogP contribution in [0.5, 0.6) is 0 Å². The van der Waals surface area contributed by atoms with E-state index < -0.39 is 0 Å². The van der Waals surface area contributed by atoms with Crippen molar-refractivity contribution in [2.75, 3.05) is 0 Å². The summed E-state index contributed by atoms with van der Waals surface area (Å²) in [6.07, 6.45) is 6.15. The second-order valence-electron chi connectivity index (χ2n) is 4.28. The van der Waals surface area contributed by atoms with Gasteiger partial charge in [0.25, 0.3) is 0 Å². The summed E-state index contributed by atoms with van der Waals surface area (Å²) in [6, 6.07) is 5.76. The van der Waals surface area contributed by atoms with E-state index in [4.69, 9.17) is 10.5 Å². The number of nitrogens with zero attached hydrogens (tertiary/aromatic N) is 3. The first-order chi connectivity index (χ1) is 8.22.